The SMILES string of the molecule is CC(=O)OCC1OC2OC(C)=NC2C(OC(C)=O)C1OC(C)=O.CC(C)(C)OC(=O)NCCOCCOCCNC(=O)c1cc(OCCOCCOCCOCCO[Si](c2ccccc2)(c2ccccc2)C(C)(C)C)c(OCCOCCOCCOCCO[Si](c2ccccc2)(c2ccccc2)C(C)(C)C)c(OCCOCCOCCOCCO[Si](c2ccccc2)(c2ccccc2)C(C)(C)C)c1.[Sc]. The van der Waals surface area contributed by atoms with Gasteiger partial charge in [0.2, 0.25) is 12.0 Å². The van der Waals surface area contributed by atoms with Crippen LogP contribution in [0.3, 0.4) is 0 Å². The summed E-state index contributed by atoms with van der Waals surface area (Å²) in [6.45, 7) is 40.0. The van der Waals surface area contributed by atoms with Crippen LogP contribution in [0.4, 0.5) is 4.79 Å². The van der Waals surface area contributed by atoms with E-state index in [1.165, 1.54) is 51.9 Å². The summed E-state index contributed by atoms with van der Waals surface area (Å²) < 4.78 is 137. The molecule has 5 atom stereocenters. The van der Waals surface area contributed by atoms with Crippen molar-refractivity contribution in [3.63, 3.8) is 0 Å². The van der Waals surface area contributed by atoms with Gasteiger partial charge in [-0.1, -0.05) is 244 Å². The van der Waals surface area contributed by atoms with Gasteiger partial charge in [-0.2, -0.15) is 0 Å². The van der Waals surface area contributed by atoms with Crippen molar-refractivity contribution in [2.45, 2.75) is 162 Å². The first-order chi connectivity index (χ1) is 66.3. The van der Waals surface area contributed by atoms with Crippen LogP contribution in [-0.4, -0.2) is 302 Å². The number of hydrogen-bond acceptors (Lipinski definition) is 29. The van der Waals surface area contributed by atoms with Gasteiger partial charge >= 0.3 is 24.0 Å². The van der Waals surface area contributed by atoms with Crippen LogP contribution < -0.4 is 56.0 Å². The molecule has 0 aromatic heterocycles. The Bertz CT molecular complexity index is 4390. The number of alkyl carbamates (subject to hydrolysis) is 1. The van der Waals surface area contributed by atoms with E-state index in [1.807, 2.05) is 36.4 Å². The van der Waals surface area contributed by atoms with E-state index in [-0.39, 0.29) is 150 Å². The summed E-state index contributed by atoms with van der Waals surface area (Å²) in [5.74, 6) is -0.926. The van der Waals surface area contributed by atoms with E-state index >= 15 is 0 Å². The quantitative estimate of drug-likeness (QED) is 0.0155. The summed E-state index contributed by atoms with van der Waals surface area (Å²) in [6, 6.07) is 66.0. The second-order valence-electron chi connectivity index (χ2n) is 36.6. The first-order valence-corrected chi connectivity index (χ1v) is 53.3. The topological polar surface area (TPSA) is 334 Å². The molecule has 139 heavy (non-hydrogen) atoms. The Morgan fingerprint density at radius 2 is 0.633 bits per heavy atom. The number of carbonyl (C=O) groups excluding carboxylic acids is 5. The van der Waals surface area contributed by atoms with Crippen LogP contribution in [-0.2, 0) is 134 Å². The van der Waals surface area contributed by atoms with Gasteiger partial charge in [0.05, 0.1) is 165 Å². The molecule has 0 saturated carbocycles. The number of benzene rings is 7. The Labute approximate surface area is 843 Å². The first-order valence-electron chi connectivity index (χ1n) is 47.6. The molecule has 2 amide bonds. The zero-order chi connectivity index (χ0) is 99.6. The van der Waals surface area contributed by atoms with Gasteiger partial charge in [-0.25, -0.2) is 9.79 Å². The van der Waals surface area contributed by atoms with Crippen LogP contribution in [0.25, 0.3) is 0 Å². The summed E-state index contributed by atoms with van der Waals surface area (Å²) in [5.41, 5.74) is -0.352. The number of nitrogens with zero attached hydrogens (tertiary/aromatic N) is 1. The third-order valence-electron chi connectivity index (χ3n) is 22.0. The van der Waals surface area contributed by atoms with Gasteiger partial charge in [-0.05, 0) is 79.1 Å². The van der Waals surface area contributed by atoms with E-state index in [9.17, 15) is 24.0 Å². The molecule has 0 spiro atoms. The van der Waals surface area contributed by atoms with Crippen molar-refractivity contribution < 1.29 is 158 Å². The molecule has 0 aliphatic carbocycles. The maximum absolute atomic E-state index is 14.0. The van der Waals surface area contributed by atoms with Crippen LogP contribution in [0, 0.1) is 0 Å². The molecule has 763 valence electrons. The predicted molar refractivity (Wildman–Crippen MR) is 534 cm³/mol. The Morgan fingerprint density at radius 3 is 0.928 bits per heavy atom. The molecule has 7 aromatic rings. The largest absolute Gasteiger partial charge is 0.487 e. The van der Waals surface area contributed by atoms with Gasteiger partial charge in [0.15, 0.2) is 35.6 Å². The van der Waals surface area contributed by atoms with Crippen molar-refractivity contribution in [1.82, 2.24) is 10.6 Å². The second kappa shape index (κ2) is 62.1. The first kappa shape index (κ1) is 117. The van der Waals surface area contributed by atoms with Crippen molar-refractivity contribution >= 4 is 91.9 Å². The predicted octanol–water partition coefficient (Wildman–Crippen LogP) is 10.9. The standard InChI is InChI=1S/C90H130N2O20Si3.C14H19NO8.Sc/c1-87(2,3)112-86(94)92-44-46-96-48-47-95-45-43-91-85(93)75-73-82(106-67-61-100-55-49-97-52-58-103-64-70-109-113(88(4,5)6,76-31-19-13-20-32-76)77-33-21-14-22-34-77)84(108-69-63-102-57-51-99-54-60-105-66-72-111-115(90(10,11)12,80-39-27-17-28-40-80)81-41-29-18-30-42-81)83(74-75)107-68-62-101-56-50-98-53-59-104-65-71-110-114(89(7,8)9,78-35-23-15-24-36-78)79-37-25-16-26-38-79;1-6-15-11-13(22-9(4)18)12(21-8(3)17)10(5-19-7(2)16)23-14(11)20-6;/h13-42,73-74H,43-72H2,1-12H3,(H,91,93)(H,92,94);10-14H,5H2,1-4H3;. The third kappa shape index (κ3) is 38.9. The summed E-state index contributed by atoms with van der Waals surface area (Å²) in [6.07, 6.45) is -4.01. The molecule has 5 unspecified atom stereocenters. The minimum Gasteiger partial charge on any atom is -0.487 e. The Kier molecular flexibility index (Phi) is 52.5. The molecule has 2 N–H and O–H groups in total. The third-order valence-corrected chi connectivity index (χ3v) is 37.1. The monoisotopic (exact) mass is 2020 g/mol. The number of aliphatic imine (C=N–C) groups is 1. The van der Waals surface area contributed by atoms with E-state index in [2.05, 4.69) is 224 Å². The number of amides is 2. The fourth-order valence-electron chi connectivity index (χ4n) is 16.1. The Morgan fingerprint density at radius 1 is 0.353 bits per heavy atom. The molecule has 9 rings (SSSR count). The number of esters is 3. The summed E-state index contributed by atoms with van der Waals surface area (Å²) in [7, 11) is -8.05. The van der Waals surface area contributed by atoms with Crippen LogP contribution >= 0.6 is 0 Å². The maximum Gasteiger partial charge on any atom is 0.407 e. The van der Waals surface area contributed by atoms with Crippen LogP contribution in [0.15, 0.2) is 199 Å². The van der Waals surface area contributed by atoms with Crippen molar-refractivity contribution in [2.24, 2.45) is 4.99 Å². The van der Waals surface area contributed by atoms with Gasteiger partial charge in [-0.15, -0.1) is 0 Å². The maximum atomic E-state index is 14.0. The molecule has 1 fully saturated rings. The van der Waals surface area contributed by atoms with E-state index in [4.69, 9.17) is 108 Å². The minimum atomic E-state index is -2.68. The zero-order valence-electron chi connectivity index (χ0n) is 84.2. The fraction of sp³-hybridized carbons (Fsp3) is 0.538. The molecule has 2 aliphatic heterocycles. The smallest absolute Gasteiger partial charge is 0.407 e. The molecule has 31 nitrogen and oxygen atoms in total. The fourth-order valence-corrected chi connectivity index (χ4v) is 29.7. The van der Waals surface area contributed by atoms with E-state index in [0.717, 1.165) is 0 Å². The Balaban J connectivity index is 0.000000951. The average molecular weight is 2020 g/mol. The van der Waals surface area contributed by atoms with E-state index < -0.39 is 91.1 Å². The van der Waals surface area contributed by atoms with Crippen LogP contribution in [0.1, 0.15) is 121 Å². The number of rotatable bonds is 62. The number of ether oxygens (including phenoxy) is 20. The van der Waals surface area contributed by atoms with Gasteiger partial charge in [0.25, 0.3) is 30.9 Å². The van der Waals surface area contributed by atoms with E-state index in [1.54, 1.807) is 39.8 Å². The molecular formula is C104H149N3O28ScSi3. The van der Waals surface area contributed by atoms with Crippen molar-refractivity contribution in [3.05, 3.63) is 200 Å². The molecule has 1 saturated heterocycles. The zero-order valence-corrected chi connectivity index (χ0v) is 89.0. The van der Waals surface area contributed by atoms with Gasteiger partial charge in [0.1, 0.15) is 38.1 Å². The molecule has 0 bridgehead atoms. The Hall–Kier alpha value is -8.52. The van der Waals surface area contributed by atoms with Crippen LogP contribution in [0.2, 0.25) is 15.1 Å². The molecular weight excluding hydrogens is 1870 g/mol. The molecule has 2 aliphatic rings. The molecule has 2 heterocycles. The van der Waals surface area contributed by atoms with Crippen molar-refractivity contribution in [2.75, 3.05) is 205 Å². The van der Waals surface area contributed by atoms with Gasteiger partial charge < -0.3 is 119 Å². The van der Waals surface area contributed by atoms with Crippen LogP contribution in [0.5, 0.6) is 17.2 Å². The second-order valence-corrected chi connectivity index (χ2v) is 49.5. The molecule has 7 aromatic carbocycles. The number of nitrogens with one attached hydrogen (secondary N) is 2. The average Bonchev–Trinajstić information content (AvgIpc) is 1.33. The summed E-state index contributed by atoms with van der Waals surface area (Å²) in [4.78, 5) is 64.1. The minimum absolute atomic E-state index is 0. The van der Waals surface area contributed by atoms with Gasteiger partial charge in [-0.3, -0.25) is 19.2 Å². The molecule has 1 radical (unpaired) electrons. The van der Waals surface area contributed by atoms with E-state index in [0.29, 0.717) is 125 Å². The van der Waals surface area contributed by atoms with Gasteiger partial charge in [0, 0.05) is 72.2 Å². The molecule has 35 heteroatoms. The number of hydrogen-bond donors (Lipinski definition) is 2. The summed E-state index contributed by atoms with van der Waals surface area (Å²) in [5, 5.41) is 12.5. The number of carbonyl (C=O) groups is 5. The summed E-state index contributed by atoms with van der Waals surface area (Å²) >= 11 is 0. The number of fused-ring (bicyclic) bond motifs is 1. The van der Waals surface area contributed by atoms with Crippen molar-refractivity contribution in [3.8, 4) is 17.2 Å². The normalized spacial score (nSPS) is 15.6. The van der Waals surface area contributed by atoms with Crippen molar-refractivity contribution in [1.29, 1.82) is 0 Å².